The Kier molecular flexibility index (Phi) is 10.2. The van der Waals surface area contributed by atoms with Gasteiger partial charge in [-0.25, -0.2) is 0 Å². The molecule has 0 radical (unpaired) electrons. The number of hydrogen-bond donors (Lipinski definition) is 2. The van der Waals surface area contributed by atoms with Crippen molar-refractivity contribution >= 4 is 5.96 Å². The SMILES string of the molecule is CCNC(=NCC(c1ccc(C)cc1)N1CCOCC1)NCCCOCC. The molecule has 0 aliphatic carbocycles. The summed E-state index contributed by atoms with van der Waals surface area (Å²) in [5.41, 5.74) is 2.60. The van der Waals surface area contributed by atoms with Crippen molar-refractivity contribution in [3.63, 3.8) is 0 Å². The molecular weight excluding hydrogens is 340 g/mol. The molecule has 1 fully saturated rings. The molecule has 1 unspecified atom stereocenters. The molecule has 1 saturated heterocycles. The number of aryl methyl sites for hydroxylation is 1. The molecule has 27 heavy (non-hydrogen) atoms. The van der Waals surface area contributed by atoms with Crippen molar-refractivity contribution in [2.24, 2.45) is 4.99 Å². The second-order valence-electron chi connectivity index (χ2n) is 6.77. The summed E-state index contributed by atoms with van der Waals surface area (Å²) in [6, 6.07) is 9.10. The number of guanidine groups is 1. The summed E-state index contributed by atoms with van der Waals surface area (Å²) in [6.45, 7) is 13.7. The Bertz CT molecular complexity index is 542. The van der Waals surface area contributed by atoms with Gasteiger partial charge < -0.3 is 20.1 Å². The summed E-state index contributed by atoms with van der Waals surface area (Å²) in [5, 5.41) is 6.76. The Hall–Kier alpha value is -1.63. The number of nitrogens with zero attached hydrogens (tertiary/aromatic N) is 2. The molecule has 1 atom stereocenters. The van der Waals surface area contributed by atoms with Gasteiger partial charge in [0.1, 0.15) is 0 Å². The summed E-state index contributed by atoms with van der Waals surface area (Å²) in [6.07, 6.45) is 0.975. The van der Waals surface area contributed by atoms with Gasteiger partial charge in [-0.15, -0.1) is 0 Å². The molecule has 0 amide bonds. The maximum Gasteiger partial charge on any atom is 0.191 e. The molecule has 2 N–H and O–H groups in total. The number of ether oxygens (including phenoxy) is 2. The number of rotatable bonds is 10. The molecule has 0 saturated carbocycles. The molecule has 1 aliphatic rings. The fraction of sp³-hybridized carbons (Fsp3) is 0.667. The van der Waals surface area contributed by atoms with E-state index in [-0.39, 0.29) is 6.04 Å². The standard InChI is InChI=1S/C21H36N4O2/c1-4-22-21(23-11-6-14-26-5-2)24-17-20(25-12-15-27-16-13-25)19-9-7-18(3)8-10-19/h7-10,20H,4-6,11-17H2,1-3H3,(H2,22,23,24). The molecule has 152 valence electrons. The number of nitrogens with one attached hydrogen (secondary N) is 2. The van der Waals surface area contributed by atoms with Crippen LogP contribution in [0.1, 0.15) is 37.4 Å². The molecule has 0 spiro atoms. The van der Waals surface area contributed by atoms with Crippen LogP contribution in [0, 0.1) is 6.92 Å². The maximum absolute atomic E-state index is 5.54. The van der Waals surface area contributed by atoms with Crippen LogP contribution in [0.3, 0.4) is 0 Å². The first-order valence-electron chi connectivity index (χ1n) is 10.2. The molecule has 6 heteroatoms. The van der Waals surface area contributed by atoms with E-state index in [1.165, 1.54) is 11.1 Å². The fourth-order valence-corrected chi connectivity index (χ4v) is 3.15. The minimum Gasteiger partial charge on any atom is -0.382 e. The molecular formula is C21H36N4O2. The van der Waals surface area contributed by atoms with Gasteiger partial charge in [-0.3, -0.25) is 9.89 Å². The smallest absolute Gasteiger partial charge is 0.191 e. The van der Waals surface area contributed by atoms with Crippen LogP contribution in [0.5, 0.6) is 0 Å². The van der Waals surface area contributed by atoms with Crippen LogP contribution in [-0.2, 0) is 9.47 Å². The molecule has 0 aromatic heterocycles. The van der Waals surface area contributed by atoms with Crippen molar-refractivity contribution in [2.75, 3.05) is 59.2 Å². The van der Waals surface area contributed by atoms with Crippen molar-refractivity contribution in [3.8, 4) is 0 Å². The van der Waals surface area contributed by atoms with Crippen molar-refractivity contribution in [2.45, 2.75) is 33.2 Å². The van der Waals surface area contributed by atoms with E-state index < -0.39 is 0 Å². The molecule has 2 rings (SSSR count). The average molecular weight is 377 g/mol. The number of benzene rings is 1. The lowest BCUT2D eigenvalue weighted by atomic mass is 10.0. The fourth-order valence-electron chi connectivity index (χ4n) is 3.15. The third-order valence-corrected chi connectivity index (χ3v) is 4.68. The van der Waals surface area contributed by atoms with Crippen molar-refractivity contribution in [1.29, 1.82) is 0 Å². The van der Waals surface area contributed by atoms with E-state index >= 15 is 0 Å². The van der Waals surface area contributed by atoms with Crippen molar-refractivity contribution in [3.05, 3.63) is 35.4 Å². The number of morpholine rings is 1. The predicted molar refractivity (Wildman–Crippen MR) is 111 cm³/mol. The van der Waals surface area contributed by atoms with E-state index in [9.17, 15) is 0 Å². The van der Waals surface area contributed by atoms with Gasteiger partial charge in [0.25, 0.3) is 0 Å². The van der Waals surface area contributed by atoms with E-state index in [0.29, 0.717) is 0 Å². The Labute approximate surface area is 164 Å². The topological polar surface area (TPSA) is 58.1 Å². The first-order valence-corrected chi connectivity index (χ1v) is 10.2. The second kappa shape index (κ2) is 12.7. The molecule has 1 aliphatic heterocycles. The van der Waals surface area contributed by atoms with Crippen LogP contribution in [0.2, 0.25) is 0 Å². The maximum atomic E-state index is 5.54. The summed E-state index contributed by atoms with van der Waals surface area (Å²) < 4.78 is 10.9. The quantitative estimate of drug-likeness (QED) is 0.373. The molecule has 0 bridgehead atoms. The largest absolute Gasteiger partial charge is 0.382 e. The highest BCUT2D eigenvalue weighted by Crippen LogP contribution is 2.22. The predicted octanol–water partition coefficient (Wildman–Crippen LogP) is 2.35. The van der Waals surface area contributed by atoms with E-state index in [0.717, 1.165) is 71.5 Å². The minimum absolute atomic E-state index is 0.272. The number of hydrogen-bond acceptors (Lipinski definition) is 4. The summed E-state index contributed by atoms with van der Waals surface area (Å²) in [7, 11) is 0. The lowest BCUT2D eigenvalue weighted by Crippen LogP contribution is -2.42. The van der Waals surface area contributed by atoms with E-state index in [2.05, 4.69) is 53.6 Å². The van der Waals surface area contributed by atoms with Crippen LogP contribution < -0.4 is 10.6 Å². The zero-order valence-electron chi connectivity index (χ0n) is 17.2. The zero-order chi connectivity index (χ0) is 19.3. The molecule has 1 aromatic rings. The first-order chi connectivity index (χ1) is 13.2. The van der Waals surface area contributed by atoms with Gasteiger partial charge in [-0.05, 0) is 32.8 Å². The highest BCUT2D eigenvalue weighted by molar-refractivity contribution is 5.79. The van der Waals surface area contributed by atoms with E-state index in [4.69, 9.17) is 14.5 Å². The highest BCUT2D eigenvalue weighted by atomic mass is 16.5. The lowest BCUT2D eigenvalue weighted by molar-refractivity contribution is 0.0179. The van der Waals surface area contributed by atoms with Crippen molar-refractivity contribution < 1.29 is 9.47 Å². The van der Waals surface area contributed by atoms with E-state index in [1.54, 1.807) is 0 Å². The van der Waals surface area contributed by atoms with E-state index in [1.807, 2.05) is 6.92 Å². The van der Waals surface area contributed by atoms with Crippen molar-refractivity contribution in [1.82, 2.24) is 15.5 Å². The lowest BCUT2D eigenvalue weighted by Gasteiger charge is -2.34. The third-order valence-electron chi connectivity index (χ3n) is 4.68. The van der Waals surface area contributed by atoms with Gasteiger partial charge in [0, 0.05) is 39.4 Å². The summed E-state index contributed by atoms with van der Waals surface area (Å²) >= 11 is 0. The Morgan fingerprint density at radius 3 is 2.59 bits per heavy atom. The second-order valence-corrected chi connectivity index (χ2v) is 6.77. The normalized spacial score (nSPS) is 16.9. The third kappa shape index (κ3) is 7.87. The molecule has 1 aromatic carbocycles. The average Bonchev–Trinajstić information content (AvgIpc) is 2.70. The van der Waals surface area contributed by atoms with Crippen LogP contribution in [-0.4, -0.2) is 70.0 Å². The van der Waals surface area contributed by atoms with Gasteiger partial charge in [0.15, 0.2) is 5.96 Å². The van der Waals surface area contributed by atoms with Crippen LogP contribution >= 0.6 is 0 Å². The highest BCUT2D eigenvalue weighted by Gasteiger charge is 2.22. The summed E-state index contributed by atoms with van der Waals surface area (Å²) in [4.78, 5) is 7.36. The Morgan fingerprint density at radius 1 is 1.19 bits per heavy atom. The minimum atomic E-state index is 0.272. The van der Waals surface area contributed by atoms with Gasteiger partial charge in [-0.2, -0.15) is 0 Å². The van der Waals surface area contributed by atoms with Gasteiger partial charge >= 0.3 is 0 Å². The summed E-state index contributed by atoms with van der Waals surface area (Å²) in [5.74, 6) is 0.874. The molecule has 6 nitrogen and oxygen atoms in total. The Morgan fingerprint density at radius 2 is 1.93 bits per heavy atom. The Balaban J connectivity index is 2.01. The first kappa shape index (κ1) is 21.7. The monoisotopic (exact) mass is 376 g/mol. The molecule has 1 heterocycles. The zero-order valence-corrected chi connectivity index (χ0v) is 17.2. The van der Waals surface area contributed by atoms with Gasteiger partial charge in [0.05, 0.1) is 25.8 Å². The van der Waals surface area contributed by atoms with Gasteiger partial charge in [-0.1, -0.05) is 29.8 Å². The van der Waals surface area contributed by atoms with Crippen LogP contribution in [0.25, 0.3) is 0 Å². The van der Waals surface area contributed by atoms with Crippen LogP contribution in [0.15, 0.2) is 29.3 Å². The van der Waals surface area contributed by atoms with Gasteiger partial charge in [0.2, 0.25) is 0 Å². The van der Waals surface area contributed by atoms with Crippen LogP contribution in [0.4, 0.5) is 0 Å². The number of aliphatic imine (C=N–C) groups is 1.